The van der Waals surface area contributed by atoms with E-state index in [2.05, 4.69) is 19.2 Å². The van der Waals surface area contributed by atoms with E-state index >= 15 is 0 Å². The van der Waals surface area contributed by atoms with E-state index in [1.54, 1.807) is 0 Å². The molecule has 0 spiro atoms. The monoisotopic (exact) mass is 273 g/mol. The molecule has 16 heavy (non-hydrogen) atoms. The Balaban J connectivity index is -0.000000845. The maximum absolute atomic E-state index is 11.3. The Labute approximate surface area is 111 Å². The highest BCUT2D eigenvalue weighted by Gasteiger charge is 2.08. The van der Waals surface area contributed by atoms with Crippen LogP contribution in [-0.2, 0) is 4.79 Å². The number of likely N-dealkylation sites (N-methyl/N-ethyl adjacent to an activating group) is 1. The van der Waals surface area contributed by atoms with Crippen LogP contribution in [0, 0.1) is 0 Å². The Hall–Kier alpha value is -0.0300. The van der Waals surface area contributed by atoms with Crippen molar-refractivity contribution in [3.63, 3.8) is 0 Å². The Bertz CT molecular complexity index is 177. The maximum Gasteiger partial charge on any atom is 0.234 e. The second-order valence-corrected chi connectivity index (χ2v) is 4.12. The lowest BCUT2D eigenvalue weighted by Gasteiger charge is -2.20. The molecule has 0 fully saturated rings. The van der Waals surface area contributed by atoms with E-state index < -0.39 is 0 Å². The second kappa shape index (κ2) is 11.5. The Morgan fingerprint density at radius 2 is 1.81 bits per heavy atom. The number of carbonyl (C=O) groups is 1. The standard InChI is InChI=1S/C10H23N3O.2ClH/c1-8(2)13(4)7-10(14)12-6-5-9(3)11;;/h8-9H,5-7,11H2,1-4H3,(H,12,14);2*1H. The molecule has 1 atom stereocenters. The van der Waals surface area contributed by atoms with Crippen LogP contribution in [0.3, 0.4) is 0 Å². The number of nitrogens with one attached hydrogen (secondary N) is 1. The van der Waals surface area contributed by atoms with Crippen LogP contribution in [0.25, 0.3) is 0 Å². The topological polar surface area (TPSA) is 58.4 Å². The molecule has 0 aromatic heterocycles. The van der Waals surface area contributed by atoms with Crippen molar-refractivity contribution >= 4 is 30.7 Å². The summed E-state index contributed by atoms with van der Waals surface area (Å²) in [4.78, 5) is 13.3. The summed E-state index contributed by atoms with van der Waals surface area (Å²) in [5.74, 6) is 0.0712. The van der Waals surface area contributed by atoms with Crippen molar-refractivity contribution in [3.8, 4) is 0 Å². The van der Waals surface area contributed by atoms with Crippen LogP contribution in [0.2, 0.25) is 0 Å². The molecule has 0 aliphatic heterocycles. The van der Waals surface area contributed by atoms with Crippen molar-refractivity contribution in [2.75, 3.05) is 20.1 Å². The van der Waals surface area contributed by atoms with Gasteiger partial charge in [0.25, 0.3) is 0 Å². The second-order valence-electron chi connectivity index (χ2n) is 4.12. The minimum atomic E-state index is 0. The fourth-order valence-corrected chi connectivity index (χ4v) is 0.904. The number of nitrogens with two attached hydrogens (primary N) is 1. The largest absolute Gasteiger partial charge is 0.355 e. The minimum Gasteiger partial charge on any atom is -0.355 e. The van der Waals surface area contributed by atoms with Crippen molar-refractivity contribution in [2.45, 2.75) is 39.3 Å². The first-order valence-corrected chi connectivity index (χ1v) is 5.16. The molecule has 0 saturated heterocycles. The molecule has 0 saturated carbocycles. The van der Waals surface area contributed by atoms with Crippen molar-refractivity contribution < 1.29 is 4.79 Å². The molecule has 1 amide bonds. The van der Waals surface area contributed by atoms with Crippen LogP contribution in [0.4, 0.5) is 0 Å². The van der Waals surface area contributed by atoms with Gasteiger partial charge in [0.2, 0.25) is 5.91 Å². The van der Waals surface area contributed by atoms with Gasteiger partial charge in [-0.25, -0.2) is 0 Å². The molecule has 0 aromatic rings. The van der Waals surface area contributed by atoms with E-state index in [0.717, 1.165) is 6.42 Å². The van der Waals surface area contributed by atoms with E-state index in [-0.39, 0.29) is 36.8 Å². The highest BCUT2D eigenvalue weighted by molar-refractivity contribution is 5.85. The first kappa shape index (κ1) is 21.3. The molecule has 0 radical (unpaired) electrons. The van der Waals surface area contributed by atoms with Gasteiger partial charge in [-0.3, -0.25) is 9.69 Å². The Morgan fingerprint density at radius 3 is 2.19 bits per heavy atom. The fourth-order valence-electron chi connectivity index (χ4n) is 0.904. The molecule has 0 rings (SSSR count). The number of hydrogen-bond acceptors (Lipinski definition) is 3. The number of rotatable bonds is 6. The highest BCUT2D eigenvalue weighted by Crippen LogP contribution is 1.92. The molecule has 0 aliphatic rings. The van der Waals surface area contributed by atoms with Gasteiger partial charge in [-0.05, 0) is 34.2 Å². The van der Waals surface area contributed by atoms with Gasteiger partial charge in [-0.15, -0.1) is 24.8 Å². The zero-order valence-corrected chi connectivity index (χ0v) is 12.2. The SMILES string of the molecule is CC(N)CCNC(=O)CN(C)C(C)C.Cl.Cl. The zero-order chi connectivity index (χ0) is 11.1. The molecule has 3 N–H and O–H groups in total. The van der Waals surface area contributed by atoms with Gasteiger partial charge >= 0.3 is 0 Å². The van der Waals surface area contributed by atoms with E-state index in [0.29, 0.717) is 19.1 Å². The number of carbonyl (C=O) groups excluding carboxylic acids is 1. The van der Waals surface area contributed by atoms with E-state index in [1.807, 2.05) is 18.9 Å². The average Bonchev–Trinajstić information content (AvgIpc) is 2.02. The molecule has 0 bridgehead atoms. The van der Waals surface area contributed by atoms with Gasteiger partial charge in [-0.2, -0.15) is 0 Å². The van der Waals surface area contributed by atoms with Crippen LogP contribution in [0.5, 0.6) is 0 Å². The molecule has 0 aromatic carbocycles. The molecule has 0 aliphatic carbocycles. The summed E-state index contributed by atoms with van der Waals surface area (Å²) in [6.07, 6.45) is 0.830. The smallest absolute Gasteiger partial charge is 0.234 e. The lowest BCUT2D eigenvalue weighted by molar-refractivity contribution is -0.122. The van der Waals surface area contributed by atoms with Gasteiger partial charge in [0.15, 0.2) is 0 Å². The van der Waals surface area contributed by atoms with Crippen LogP contribution in [0.15, 0.2) is 0 Å². The first-order chi connectivity index (χ1) is 6.43. The molecule has 100 valence electrons. The molecule has 6 heteroatoms. The minimum absolute atomic E-state index is 0. The first-order valence-electron chi connectivity index (χ1n) is 5.16. The third-order valence-corrected chi connectivity index (χ3v) is 2.20. The van der Waals surface area contributed by atoms with Gasteiger partial charge in [-0.1, -0.05) is 0 Å². The van der Waals surface area contributed by atoms with Gasteiger partial charge in [0, 0.05) is 18.6 Å². The molecule has 0 heterocycles. The van der Waals surface area contributed by atoms with Crippen molar-refractivity contribution in [2.24, 2.45) is 5.73 Å². The van der Waals surface area contributed by atoms with Crippen molar-refractivity contribution in [1.82, 2.24) is 10.2 Å². The molecule has 4 nitrogen and oxygen atoms in total. The summed E-state index contributed by atoms with van der Waals surface area (Å²) >= 11 is 0. The number of amides is 1. The van der Waals surface area contributed by atoms with E-state index in [1.165, 1.54) is 0 Å². The van der Waals surface area contributed by atoms with Crippen LogP contribution in [0.1, 0.15) is 27.2 Å². The number of nitrogens with zero attached hydrogens (tertiary/aromatic N) is 1. The summed E-state index contributed by atoms with van der Waals surface area (Å²) < 4.78 is 0. The van der Waals surface area contributed by atoms with Crippen LogP contribution in [-0.4, -0.2) is 43.0 Å². The summed E-state index contributed by atoms with van der Waals surface area (Å²) in [6.45, 7) is 7.19. The quantitative estimate of drug-likeness (QED) is 0.760. The molecular formula is C10H25Cl2N3O. The predicted molar refractivity (Wildman–Crippen MR) is 73.5 cm³/mol. The Kier molecular flexibility index (Phi) is 15.2. The van der Waals surface area contributed by atoms with Crippen LogP contribution >= 0.6 is 24.8 Å². The highest BCUT2D eigenvalue weighted by atomic mass is 35.5. The van der Waals surface area contributed by atoms with E-state index in [4.69, 9.17) is 5.73 Å². The summed E-state index contributed by atoms with van der Waals surface area (Å²) in [6, 6.07) is 0.548. The zero-order valence-electron chi connectivity index (χ0n) is 10.5. The lowest BCUT2D eigenvalue weighted by atomic mass is 10.2. The lowest BCUT2D eigenvalue weighted by Crippen LogP contribution is -2.39. The van der Waals surface area contributed by atoms with Gasteiger partial charge in [0.1, 0.15) is 0 Å². The third-order valence-electron chi connectivity index (χ3n) is 2.20. The van der Waals surface area contributed by atoms with E-state index in [9.17, 15) is 4.79 Å². The number of hydrogen-bond donors (Lipinski definition) is 2. The fraction of sp³-hybridized carbons (Fsp3) is 0.900. The maximum atomic E-state index is 11.3. The summed E-state index contributed by atoms with van der Waals surface area (Å²) in [5.41, 5.74) is 5.57. The number of halogens is 2. The molecular weight excluding hydrogens is 249 g/mol. The van der Waals surface area contributed by atoms with Crippen molar-refractivity contribution in [3.05, 3.63) is 0 Å². The Morgan fingerprint density at radius 1 is 1.31 bits per heavy atom. The summed E-state index contributed by atoms with van der Waals surface area (Å²) in [7, 11) is 1.94. The van der Waals surface area contributed by atoms with Gasteiger partial charge < -0.3 is 11.1 Å². The summed E-state index contributed by atoms with van der Waals surface area (Å²) in [5, 5.41) is 2.84. The van der Waals surface area contributed by atoms with Gasteiger partial charge in [0.05, 0.1) is 6.54 Å². The van der Waals surface area contributed by atoms with Crippen molar-refractivity contribution in [1.29, 1.82) is 0 Å². The average molecular weight is 274 g/mol. The normalized spacial score (nSPS) is 11.7. The molecule has 1 unspecified atom stereocenters. The third kappa shape index (κ3) is 12.0. The predicted octanol–water partition coefficient (Wildman–Crippen LogP) is 1.02. The van der Waals surface area contributed by atoms with Crippen LogP contribution < -0.4 is 11.1 Å².